The number of anilines is 1. The average Bonchev–Trinajstić information content (AvgIpc) is 3.11. The smallest absolute Gasteiger partial charge is 0.352 e. The molecule has 2 aliphatic rings. The molecule has 4 rings (SSSR count). The van der Waals surface area contributed by atoms with Gasteiger partial charge in [-0.1, -0.05) is 23.7 Å². The van der Waals surface area contributed by atoms with Crippen molar-refractivity contribution in [2.45, 2.75) is 25.6 Å². The van der Waals surface area contributed by atoms with Crippen LogP contribution < -0.4 is 4.90 Å². The zero-order valence-electron chi connectivity index (χ0n) is 17.4. The van der Waals surface area contributed by atoms with Crippen LogP contribution in [0.3, 0.4) is 0 Å². The molecule has 0 saturated carbocycles. The Hall–Kier alpha value is -3.14. The fourth-order valence-corrected chi connectivity index (χ4v) is 4.14. The first-order valence-electron chi connectivity index (χ1n) is 10.3. The Kier molecular flexibility index (Phi) is 6.29. The van der Waals surface area contributed by atoms with E-state index in [1.54, 1.807) is 34.1 Å². The first-order chi connectivity index (χ1) is 15.6. The van der Waals surface area contributed by atoms with Crippen LogP contribution in [0.2, 0.25) is 5.02 Å². The number of carbonyl (C=O) groups excluding carboxylic acids is 3. The van der Waals surface area contributed by atoms with E-state index in [0.29, 0.717) is 31.7 Å². The predicted molar refractivity (Wildman–Crippen MR) is 114 cm³/mol. The van der Waals surface area contributed by atoms with Gasteiger partial charge in [0.15, 0.2) is 0 Å². The summed E-state index contributed by atoms with van der Waals surface area (Å²) in [7, 11) is 0. The molecular formula is C22H20ClF3N4O3. The lowest BCUT2D eigenvalue weighted by atomic mass is 10.1. The molecule has 2 aliphatic heterocycles. The van der Waals surface area contributed by atoms with Crippen molar-refractivity contribution in [3.63, 3.8) is 0 Å². The molecule has 1 aromatic heterocycles. The standard InChI is InChI=1S/C22H20ClF3N4O3/c23-17-11-16(22(24,25)26)12-27-20(17)28-7-9-29(10-8-28)21(33)15-3-1-14(2-4-15)13-30-18(31)5-6-19(30)32/h1-4,11-12H,5-10,13H2. The topological polar surface area (TPSA) is 73.8 Å². The molecule has 2 fully saturated rings. The first-order valence-corrected chi connectivity index (χ1v) is 10.7. The van der Waals surface area contributed by atoms with Crippen molar-refractivity contribution >= 4 is 35.1 Å². The predicted octanol–water partition coefficient (Wildman–Crippen LogP) is 3.37. The van der Waals surface area contributed by atoms with Crippen LogP contribution in [0.1, 0.15) is 34.3 Å². The van der Waals surface area contributed by atoms with Gasteiger partial charge in [-0.2, -0.15) is 13.2 Å². The van der Waals surface area contributed by atoms with E-state index in [1.165, 1.54) is 4.90 Å². The summed E-state index contributed by atoms with van der Waals surface area (Å²) in [6.45, 7) is 1.65. The number of benzene rings is 1. The molecule has 0 radical (unpaired) electrons. The number of halogens is 4. The number of amides is 3. The van der Waals surface area contributed by atoms with Gasteiger partial charge in [-0.3, -0.25) is 19.3 Å². The van der Waals surface area contributed by atoms with E-state index in [4.69, 9.17) is 11.6 Å². The van der Waals surface area contributed by atoms with Crippen molar-refractivity contribution in [1.82, 2.24) is 14.8 Å². The van der Waals surface area contributed by atoms with Gasteiger partial charge in [0.1, 0.15) is 5.82 Å². The third-order valence-electron chi connectivity index (χ3n) is 5.71. The monoisotopic (exact) mass is 480 g/mol. The third kappa shape index (κ3) is 4.95. The minimum atomic E-state index is -4.52. The molecule has 1 aromatic carbocycles. The fourth-order valence-electron chi connectivity index (χ4n) is 3.86. The maximum absolute atomic E-state index is 12.8. The summed E-state index contributed by atoms with van der Waals surface area (Å²) < 4.78 is 38.4. The van der Waals surface area contributed by atoms with Gasteiger partial charge >= 0.3 is 6.18 Å². The van der Waals surface area contributed by atoms with Crippen molar-refractivity contribution in [1.29, 1.82) is 0 Å². The molecule has 2 aromatic rings. The van der Waals surface area contributed by atoms with Gasteiger partial charge in [0, 0.05) is 50.8 Å². The zero-order chi connectivity index (χ0) is 23.8. The van der Waals surface area contributed by atoms with Crippen LogP contribution in [0.5, 0.6) is 0 Å². The second kappa shape index (κ2) is 9.01. The van der Waals surface area contributed by atoms with Gasteiger partial charge in [-0.25, -0.2) is 4.98 Å². The van der Waals surface area contributed by atoms with E-state index in [-0.39, 0.29) is 47.9 Å². The summed E-state index contributed by atoms with van der Waals surface area (Å²) in [5.74, 6) is -0.311. The van der Waals surface area contributed by atoms with Crippen LogP contribution in [-0.2, 0) is 22.3 Å². The molecule has 0 bridgehead atoms. The second-order valence-electron chi connectivity index (χ2n) is 7.88. The van der Waals surface area contributed by atoms with Crippen LogP contribution in [0.15, 0.2) is 36.5 Å². The Morgan fingerprint density at radius 3 is 2.15 bits per heavy atom. The number of likely N-dealkylation sites (tertiary alicyclic amines) is 1. The number of hydrogen-bond donors (Lipinski definition) is 0. The lowest BCUT2D eigenvalue weighted by Crippen LogP contribution is -2.49. The SMILES string of the molecule is O=C(c1ccc(CN2C(=O)CCC2=O)cc1)N1CCN(c2ncc(C(F)(F)F)cc2Cl)CC1. The Morgan fingerprint density at radius 2 is 1.61 bits per heavy atom. The van der Waals surface area contributed by atoms with Gasteiger partial charge in [0.2, 0.25) is 11.8 Å². The largest absolute Gasteiger partial charge is 0.417 e. The molecule has 0 atom stereocenters. The van der Waals surface area contributed by atoms with Crippen LogP contribution >= 0.6 is 11.6 Å². The lowest BCUT2D eigenvalue weighted by Gasteiger charge is -2.36. The summed E-state index contributed by atoms with van der Waals surface area (Å²) in [6, 6.07) is 7.60. The average molecular weight is 481 g/mol. The fraction of sp³-hybridized carbons (Fsp3) is 0.364. The molecule has 0 N–H and O–H groups in total. The zero-order valence-corrected chi connectivity index (χ0v) is 18.2. The molecule has 3 amide bonds. The van der Waals surface area contributed by atoms with E-state index in [9.17, 15) is 27.6 Å². The van der Waals surface area contributed by atoms with Crippen LogP contribution in [0.4, 0.5) is 19.0 Å². The Labute approximate surface area is 192 Å². The summed E-state index contributed by atoms with van der Waals surface area (Å²) >= 11 is 6.03. The van der Waals surface area contributed by atoms with Crippen molar-refractivity contribution in [3.05, 3.63) is 58.2 Å². The molecule has 33 heavy (non-hydrogen) atoms. The number of nitrogens with zero attached hydrogens (tertiary/aromatic N) is 4. The van der Waals surface area contributed by atoms with E-state index < -0.39 is 11.7 Å². The lowest BCUT2D eigenvalue weighted by molar-refractivity contribution is -0.139. The maximum Gasteiger partial charge on any atom is 0.417 e. The third-order valence-corrected chi connectivity index (χ3v) is 5.99. The van der Waals surface area contributed by atoms with Gasteiger partial charge in [-0.05, 0) is 23.8 Å². The van der Waals surface area contributed by atoms with Gasteiger partial charge in [0.25, 0.3) is 5.91 Å². The quantitative estimate of drug-likeness (QED) is 0.627. The van der Waals surface area contributed by atoms with E-state index >= 15 is 0 Å². The van der Waals surface area contributed by atoms with Gasteiger partial charge < -0.3 is 9.80 Å². The molecule has 3 heterocycles. The van der Waals surface area contributed by atoms with Crippen molar-refractivity contribution in [2.75, 3.05) is 31.1 Å². The Balaban J connectivity index is 1.36. The molecule has 11 heteroatoms. The minimum Gasteiger partial charge on any atom is -0.352 e. The highest BCUT2D eigenvalue weighted by molar-refractivity contribution is 6.33. The number of imide groups is 1. The highest BCUT2D eigenvalue weighted by Crippen LogP contribution is 2.33. The number of aromatic nitrogens is 1. The highest BCUT2D eigenvalue weighted by atomic mass is 35.5. The number of piperazine rings is 1. The number of carbonyl (C=O) groups is 3. The summed E-state index contributed by atoms with van der Waals surface area (Å²) in [5, 5.41) is -0.0878. The van der Waals surface area contributed by atoms with Crippen molar-refractivity contribution in [3.8, 4) is 0 Å². The van der Waals surface area contributed by atoms with Gasteiger partial charge in [0.05, 0.1) is 17.1 Å². The summed E-state index contributed by atoms with van der Waals surface area (Å²) in [5.41, 5.74) is 0.312. The van der Waals surface area contributed by atoms with Crippen LogP contribution in [0, 0.1) is 0 Å². The number of hydrogen-bond acceptors (Lipinski definition) is 5. The van der Waals surface area contributed by atoms with Gasteiger partial charge in [-0.15, -0.1) is 0 Å². The number of alkyl halides is 3. The van der Waals surface area contributed by atoms with Crippen LogP contribution in [-0.4, -0.2) is 58.7 Å². The van der Waals surface area contributed by atoms with E-state index in [0.717, 1.165) is 17.8 Å². The molecule has 0 unspecified atom stereocenters. The van der Waals surface area contributed by atoms with Crippen molar-refractivity contribution < 1.29 is 27.6 Å². The molecule has 2 saturated heterocycles. The second-order valence-corrected chi connectivity index (χ2v) is 8.28. The summed E-state index contributed by atoms with van der Waals surface area (Å²) in [4.78, 5) is 44.9. The van der Waals surface area contributed by atoms with Crippen LogP contribution in [0.25, 0.3) is 0 Å². The molecule has 7 nitrogen and oxygen atoms in total. The van der Waals surface area contributed by atoms with Crippen molar-refractivity contribution in [2.24, 2.45) is 0 Å². The van der Waals surface area contributed by atoms with E-state index in [2.05, 4.69) is 4.98 Å². The normalized spacial score (nSPS) is 17.2. The maximum atomic E-state index is 12.8. The highest BCUT2D eigenvalue weighted by Gasteiger charge is 2.33. The molecule has 0 spiro atoms. The summed E-state index contributed by atoms with van der Waals surface area (Å²) in [6.07, 6.45) is -3.30. The first kappa shape index (κ1) is 23.0. The molecular weight excluding hydrogens is 461 g/mol. The number of rotatable bonds is 4. The molecule has 174 valence electrons. The number of pyridine rings is 1. The van der Waals surface area contributed by atoms with E-state index in [1.807, 2.05) is 0 Å². The molecule has 0 aliphatic carbocycles. The Bertz CT molecular complexity index is 1070. The minimum absolute atomic E-state index is 0.0878. The Morgan fingerprint density at radius 1 is 1.00 bits per heavy atom.